The zero-order valence-electron chi connectivity index (χ0n) is 17.3. The molecule has 0 aliphatic carbocycles. The summed E-state index contributed by atoms with van der Waals surface area (Å²) >= 11 is 6.07. The van der Waals surface area contributed by atoms with Crippen LogP contribution in [0.15, 0.2) is 30.3 Å². The summed E-state index contributed by atoms with van der Waals surface area (Å²) in [5.41, 5.74) is -0.0971. The second-order valence-electron chi connectivity index (χ2n) is 6.23. The molecule has 0 atom stereocenters. The average molecular weight is 487 g/mol. The van der Waals surface area contributed by atoms with Gasteiger partial charge in [-0.15, -0.1) is 0 Å². The van der Waals surface area contributed by atoms with E-state index in [-0.39, 0.29) is 5.02 Å². The maximum Gasteiger partial charge on any atom is 0.331 e. The van der Waals surface area contributed by atoms with Crippen LogP contribution in [-0.4, -0.2) is 45.2 Å². The van der Waals surface area contributed by atoms with Crippen molar-refractivity contribution in [3.8, 4) is 11.5 Å². The standard InChI is InChI=1S/C21H18ClF3N2O6/c1-31-15-8-11(7-12(22)21(15)32-2)3-6-18(30)33-10-17(29)26-9-16(28)27-14-5-4-13(23)19(24)20(14)25/h3-8H,9-10H2,1-2H3,(H,26,29)(H,27,28)/b6-3+. The lowest BCUT2D eigenvalue weighted by molar-refractivity contribution is -0.143. The third kappa shape index (κ3) is 7.14. The summed E-state index contributed by atoms with van der Waals surface area (Å²) in [4.78, 5) is 35.2. The van der Waals surface area contributed by atoms with E-state index >= 15 is 0 Å². The number of amides is 2. The molecule has 2 amide bonds. The Morgan fingerprint density at radius 2 is 1.76 bits per heavy atom. The van der Waals surface area contributed by atoms with Crippen LogP contribution in [0, 0.1) is 17.5 Å². The minimum absolute atomic E-state index is 0.255. The first kappa shape index (κ1) is 25.5. The minimum atomic E-state index is -1.74. The predicted molar refractivity (Wildman–Crippen MR) is 113 cm³/mol. The molecule has 0 heterocycles. The summed E-state index contributed by atoms with van der Waals surface area (Å²) in [6, 6.07) is 4.55. The monoisotopic (exact) mass is 486 g/mol. The van der Waals surface area contributed by atoms with E-state index in [1.54, 1.807) is 6.07 Å². The fourth-order valence-corrected chi connectivity index (χ4v) is 2.73. The van der Waals surface area contributed by atoms with Crippen LogP contribution in [-0.2, 0) is 19.1 Å². The van der Waals surface area contributed by atoms with Crippen molar-refractivity contribution >= 4 is 41.1 Å². The molecule has 0 saturated heterocycles. The highest BCUT2D eigenvalue weighted by atomic mass is 35.5. The minimum Gasteiger partial charge on any atom is -0.493 e. The van der Waals surface area contributed by atoms with Crippen molar-refractivity contribution < 1.29 is 41.8 Å². The Hall–Kier alpha value is -3.73. The zero-order chi connectivity index (χ0) is 24.5. The van der Waals surface area contributed by atoms with Crippen LogP contribution in [0.4, 0.5) is 18.9 Å². The van der Waals surface area contributed by atoms with Crippen LogP contribution < -0.4 is 20.1 Å². The van der Waals surface area contributed by atoms with Gasteiger partial charge in [0.2, 0.25) is 5.91 Å². The van der Waals surface area contributed by atoms with Crippen molar-refractivity contribution in [3.05, 3.63) is 58.4 Å². The Morgan fingerprint density at radius 3 is 2.42 bits per heavy atom. The molecule has 2 N–H and O–H groups in total. The van der Waals surface area contributed by atoms with Crippen LogP contribution in [0.1, 0.15) is 5.56 Å². The molecule has 0 unspecified atom stereocenters. The molecule has 0 aromatic heterocycles. The van der Waals surface area contributed by atoms with Gasteiger partial charge in [0.1, 0.15) is 0 Å². The van der Waals surface area contributed by atoms with Crippen molar-refractivity contribution in [1.29, 1.82) is 0 Å². The van der Waals surface area contributed by atoms with Crippen molar-refractivity contribution in [2.75, 3.05) is 32.7 Å². The maximum absolute atomic E-state index is 13.5. The Labute approximate surface area is 191 Å². The lowest BCUT2D eigenvalue weighted by Crippen LogP contribution is -2.35. The first-order chi connectivity index (χ1) is 15.7. The van der Waals surface area contributed by atoms with Gasteiger partial charge >= 0.3 is 5.97 Å². The van der Waals surface area contributed by atoms with Crippen LogP contribution >= 0.6 is 11.6 Å². The number of anilines is 1. The molecular formula is C21H18ClF3N2O6. The van der Waals surface area contributed by atoms with E-state index in [1.807, 2.05) is 5.32 Å². The van der Waals surface area contributed by atoms with Gasteiger partial charge in [0.25, 0.3) is 5.91 Å². The SMILES string of the molecule is COc1cc(/C=C/C(=O)OCC(=O)NCC(=O)Nc2ccc(F)c(F)c2F)cc(Cl)c1OC. The molecule has 2 aromatic rings. The van der Waals surface area contributed by atoms with Gasteiger partial charge in [0, 0.05) is 6.08 Å². The third-order valence-corrected chi connectivity index (χ3v) is 4.25. The van der Waals surface area contributed by atoms with Gasteiger partial charge in [-0.3, -0.25) is 9.59 Å². The van der Waals surface area contributed by atoms with E-state index in [9.17, 15) is 27.6 Å². The van der Waals surface area contributed by atoms with Crippen molar-refractivity contribution in [1.82, 2.24) is 5.32 Å². The van der Waals surface area contributed by atoms with Crippen LogP contribution in [0.3, 0.4) is 0 Å². The van der Waals surface area contributed by atoms with Crippen LogP contribution in [0.2, 0.25) is 5.02 Å². The zero-order valence-corrected chi connectivity index (χ0v) is 18.1. The second-order valence-corrected chi connectivity index (χ2v) is 6.63. The van der Waals surface area contributed by atoms with Crippen molar-refractivity contribution in [2.45, 2.75) is 0 Å². The molecule has 176 valence electrons. The molecule has 2 aromatic carbocycles. The number of esters is 1. The Balaban J connectivity index is 1.81. The molecule has 33 heavy (non-hydrogen) atoms. The summed E-state index contributed by atoms with van der Waals surface area (Å²) in [7, 11) is 2.84. The number of carbonyl (C=O) groups is 3. The van der Waals surface area contributed by atoms with Gasteiger partial charge in [-0.25, -0.2) is 18.0 Å². The lowest BCUT2D eigenvalue weighted by atomic mass is 10.2. The highest BCUT2D eigenvalue weighted by molar-refractivity contribution is 6.32. The number of nitrogens with one attached hydrogen (secondary N) is 2. The number of hydrogen-bond acceptors (Lipinski definition) is 6. The van der Waals surface area contributed by atoms with Gasteiger partial charge in [0.15, 0.2) is 35.6 Å². The third-order valence-electron chi connectivity index (χ3n) is 3.97. The molecule has 8 nitrogen and oxygen atoms in total. The molecule has 0 aliphatic heterocycles. The van der Waals surface area contributed by atoms with Gasteiger partial charge in [-0.05, 0) is 35.9 Å². The fourth-order valence-electron chi connectivity index (χ4n) is 2.43. The van der Waals surface area contributed by atoms with Gasteiger partial charge in [-0.1, -0.05) is 11.6 Å². The van der Waals surface area contributed by atoms with E-state index in [4.69, 9.17) is 25.8 Å². The smallest absolute Gasteiger partial charge is 0.331 e. The number of benzene rings is 2. The van der Waals surface area contributed by atoms with E-state index in [1.165, 1.54) is 26.4 Å². The number of halogens is 4. The molecule has 0 aliphatic rings. The average Bonchev–Trinajstić information content (AvgIpc) is 2.79. The summed E-state index contributed by atoms with van der Waals surface area (Å²) < 4.78 is 54.6. The number of methoxy groups -OCH3 is 2. The first-order valence-electron chi connectivity index (χ1n) is 9.12. The Kier molecular flexibility index (Phi) is 9.10. The Morgan fingerprint density at radius 1 is 1.03 bits per heavy atom. The molecule has 0 saturated carbocycles. The lowest BCUT2D eigenvalue weighted by Gasteiger charge is -2.10. The molecule has 0 bridgehead atoms. The summed E-state index contributed by atoms with van der Waals surface area (Å²) in [6.45, 7) is -1.34. The largest absolute Gasteiger partial charge is 0.493 e. The molecule has 12 heteroatoms. The van der Waals surface area contributed by atoms with Gasteiger partial charge in [0.05, 0.1) is 31.5 Å². The Bertz CT molecular complexity index is 1090. The normalized spacial score (nSPS) is 10.6. The van der Waals surface area contributed by atoms with Crippen molar-refractivity contribution in [2.24, 2.45) is 0 Å². The summed E-state index contributed by atoms with van der Waals surface area (Å²) in [5, 5.41) is 4.35. The molecule has 0 fully saturated rings. The first-order valence-corrected chi connectivity index (χ1v) is 9.50. The fraction of sp³-hybridized carbons (Fsp3) is 0.190. The molecular weight excluding hydrogens is 469 g/mol. The highest BCUT2D eigenvalue weighted by Gasteiger charge is 2.16. The van der Waals surface area contributed by atoms with E-state index < -0.39 is 54.1 Å². The maximum atomic E-state index is 13.5. The topological polar surface area (TPSA) is 103 Å². The number of hydrogen-bond donors (Lipinski definition) is 2. The second kappa shape index (κ2) is 11.8. The van der Waals surface area contributed by atoms with E-state index in [0.717, 1.165) is 12.1 Å². The van der Waals surface area contributed by atoms with E-state index in [2.05, 4.69) is 5.32 Å². The number of rotatable bonds is 9. The summed E-state index contributed by atoms with van der Waals surface area (Å²) in [6.07, 6.45) is 2.42. The van der Waals surface area contributed by atoms with Gasteiger partial charge in [-0.2, -0.15) is 0 Å². The predicted octanol–water partition coefficient (Wildman–Crippen LogP) is 3.09. The highest BCUT2D eigenvalue weighted by Crippen LogP contribution is 2.36. The van der Waals surface area contributed by atoms with Gasteiger partial charge < -0.3 is 24.8 Å². The molecule has 2 rings (SSSR count). The quantitative estimate of drug-likeness (QED) is 0.321. The molecule has 0 spiro atoms. The van der Waals surface area contributed by atoms with Crippen LogP contribution in [0.25, 0.3) is 6.08 Å². The van der Waals surface area contributed by atoms with Crippen LogP contribution in [0.5, 0.6) is 11.5 Å². The van der Waals surface area contributed by atoms with Crippen molar-refractivity contribution in [3.63, 3.8) is 0 Å². The molecule has 0 radical (unpaired) electrons. The van der Waals surface area contributed by atoms with E-state index in [0.29, 0.717) is 23.1 Å². The summed E-state index contributed by atoms with van der Waals surface area (Å²) in [5.74, 6) is -6.66. The number of ether oxygens (including phenoxy) is 3. The number of carbonyl (C=O) groups excluding carboxylic acids is 3.